The summed E-state index contributed by atoms with van der Waals surface area (Å²) in [4.78, 5) is 16.8. The second-order valence-electron chi connectivity index (χ2n) is 6.03. The molecule has 8 nitrogen and oxygen atoms in total. The molecule has 0 radical (unpaired) electrons. The number of rotatable bonds is 5. The summed E-state index contributed by atoms with van der Waals surface area (Å²) in [5, 5.41) is 16.4. The van der Waals surface area contributed by atoms with Gasteiger partial charge in [-0.15, -0.1) is 0 Å². The highest BCUT2D eigenvalue weighted by Gasteiger charge is 2.09. The van der Waals surface area contributed by atoms with Gasteiger partial charge in [0.05, 0.1) is 18.1 Å². The van der Waals surface area contributed by atoms with Crippen molar-refractivity contribution in [1.29, 1.82) is 0 Å². The summed E-state index contributed by atoms with van der Waals surface area (Å²) in [6, 6.07) is 11.0. The largest absolute Gasteiger partial charge is 0.487 e. The normalized spacial score (nSPS) is 10.2. The molecular weight excluding hydrogens is 413 g/mol. The number of aromatic nitrogens is 4. The summed E-state index contributed by atoms with van der Waals surface area (Å²) in [6.07, 6.45) is 4.66. The van der Waals surface area contributed by atoms with Crippen molar-refractivity contribution in [2.75, 3.05) is 5.32 Å². The number of hydrogen-bond donors (Lipinski definition) is 2. The standard InChI is InChI=1S/C19H15ClFN5O.CH2O2/c1-26-10-16(21)17(25-26)11-27-14-3-4-15-12(8-14)6-7-22-19(15)24-13-2-5-18(20)23-9-13;2-1-3/h2-10H,11H2,1H3,(H,22,24);1H,(H,2,3). The monoisotopic (exact) mass is 429 g/mol. The van der Waals surface area contributed by atoms with Gasteiger partial charge in [-0.3, -0.25) is 9.48 Å². The van der Waals surface area contributed by atoms with Crippen molar-refractivity contribution in [3.05, 3.63) is 71.7 Å². The summed E-state index contributed by atoms with van der Waals surface area (Å²) in [7, 11) is 1.67. The zero-order valence-corrected chi connectivity index (χ0v) is 16.5. The molecule has 1 aromatic carbocycles. The number of hydrogen-bond acceptors (Lipinski definition) is 6. The van der Waals surface area contributed by atoms with E-state index in [1.54, 1.807) is 25.5 Å². The molecule has 30 heavy (non-hydrogen) atoms. The zero-order chi connectivity index (χ0) is 21.5. The predicted molar refractivity (Wildman–Crippen MR) is 110 cm³/mol. The van der Waals surface area contributed by atoms with Gasteiger partial charge in [0.2, 0.25) is 0 Å². The van der Waals surface area contributed by atoms with Gasteiger partial charge in [0.25, 0.3) is 6.47 Å². The fraction of sp³-hybridized carbons (Fsp3) is 0.100. The predicted octanol–water partition coefficient (Wildman–Crippen LogP) is 4.18. The number of nitrogens with zero attached hydrogens (tertiary/aromatic N) is 4. The summed E-state index contributed by atoms with van der Waals surface area (Å²) in [5.74, 6) is 0.933. The first-order valence-electron chi connectivity index (χ1n) is 8.66. The number of fused-ring (bicyclic) bond motifs is 1. The summed E-state index contributed by atoms with van der Waals surface area (Å²) >= 11 is 5.81. The molecule has 4 rings (SSSR count). The van der Waals surface area contributed by atoms with E-state index in [1.165, 1.54) is 10.9 Å². The van der Waals surface area contributed by atoms with Crippen molar-refractivity contribution in [1.82, 2.24) is 19.7 Å². The van der Waals surface area contributed by atoms with Crippen LogP contribution in [-0.4, -0.2) is 31.3 Å². The third-order valence-corrected chi connectivity index (χ3v) is 4.18. The van der Waals surface area contributed by atoms with E-state index in [0.29, 0.717) is 16.7 Å². The Morgan fingerprint density at radius 3 is 2.73 bits per heavy atom. The number of carbonyl (C=O) groups is 1. The van der Waals surface area contributed by atoms with Crippen LogP contribution in [0.1, 0.15) is 5.69 Å². The van der Waals surface area contributed by atoms with E-state index < -0.39 is 0 Å². The molecule has 0 amide bonds. The summed E-state index contributed by atoms with van der Waals surface area (Å²) in [6.45, 7) is -0.190. The first-order chi connectivity index (χ1) is 14.5. The number of aryl methyl sites for hydroxylation is 1. The molecule has 2 N–H and O–H groups in total. The van der Waals surface area contributed by atoms with E-state index in [4.69, 9.17) is 26.2 Å². The van der Waals surface area contributed by atoms with Crippen LogP contribution in [0.15, 0.2) is 55.0 Å². The Hall–Kier alpha value is -3.72. The van der Waals surface area contributed by atoms with Gasteiger partial charge in [0, 0.05) is 18.6 Å². The molecule has 0 aliphatic heterocycles. The molecule has 0 aliphatic carbocycles. The minimum atomic E-state index is -0.384. The van der Waals surface area contributed by atoms with Crippen molar-refractivity contribution in [2.24, 2.45) is 7.05 Å². The van der Waals surface area contributed by atoms with E-state index in [0.717, 1.165) is 16.5 Å². The fourth-order valence-corrected chi connectivity index (χ4v) is 2.80. The Balaban J connectivity index is 0.000000806. The molecule has 0 aliphatic rings. The lowest BCUT2D eigenvalue weighted by Crippen LogP contribution is -2.00. The minimum absolute atomic E-state index is 0.0603. The van der Waals surface area contributed by atoms with Crippen molar-refractivity contribution in [3.63, 3.8) is 0 Å². The van der Waals surface area contributed by atoms with Gasteiger partial charge in [0.1, 0.15) is 29.0 Å². The number of nitrogens with one attached hydrogen (secondary N) is 1. The van der Waals surface area contributed by atoms with Crippen molar-refractivity contribution < 1.29 is 19.0 Å². The van der Waals surface area contributed by atoms with Gasteiger partial charge in [0.15, 0.2) is 5.82 Å². The number of carboxylic acid groups (broad SMARTS) is 1. The maximum Gasteiger partial charge on any atom is 0.290 e. The maximum absolute atomic E-state index is 13.7. The second kappa shape index (κ2) is 9.66. The molecule has 0 fully saturated rings. The van der Waals surface area contributed by atoms with Crippen LogP contribution in [0.25, 0.3) is 10.8 Å². The van der Waals surface area contributed by atoms with Crippen molar-refractivity contribution >= 4 is 40.4 Å². The van der Waals surface area contributed by atoms with Gasteiger partial charge >= 0.3 is 0 Å². The average Bonchev–Trinajstić information content (AvgIpc) is 3.06. The molecule has 0 unspecified atom stereocenters. The van der Waals surface area contributed by atoms with Crippen LogP contribution in [0.3, 0.4) is 0 Å². The van der Waals surface area contributed by atoms with Crippen molar-refractivity contribution in [3.8, 4) is 5.75 Å². The molecular formula is C20H17ClFN5O3. The third-order valence-electron chi connectivity index (χ3n) is 3.96. The average molecular weight is 430 g/mol. The topological polar surface area (TPSA) is 102 Å². The summed E-state index contributed by atoms with van der Waals surface area (Å²) < 4.78 is 20.8. The molecule has 3 aromatic heterocycles. The van der Waals surface area contributed by atoms with E-state index >= 15 is 0 Å². The van der Waals surface area contributed by atoms with Gasteiger partial charge in [-0.1, -0.05) is 11.6 Å². The second-order valence-corrected chi connectivity index (χ2v) is 6.42. The van der Waals surface area contributed by atoms with E-state index in [-0.39, 0.29) is 24.6 Å². The first kappa shape index (κ1) is 21.0. The van der Waals surface area contributed by atoms with E-state index in [2.05, 4.69) is 20.4 Å². The smallest absolute Gasteiger partial charge is 0.290 e. The number of benzene rings is 1. The molecule has 0 atom stereocenters. The highest BCUT2D eigenvalue weighted by molar-refractivity contribution is 6.29. The van der Waals surface area contributed by atoms with Crippen LogP contribution in [0.2, 0.25) is 5.15 Å². The van der Waals surface area contributed by atoms with Gasteiger partial charge < -0.3 is 15.2 Å². The van der Waals surface area contributed by atoms with Crippen LogP contribution < -0.4 is 10.1 Å². The summed E-state index contributed by atoms with van der Waals surface area (Å²) in [5.41, 5.74) is 1.05. The number of halogens is 2. The molecule has 0 saturated heterocycles. The SMILES string of the molecule is Cn1cc(F)c(COc2ccc3c(Nc4ccc(Cl)nc4)nccc3c2)n1.O=CO. The Morgan fingerprint density at radius 1 is 1.27 bits per heavy atom. The van der Waals surface area contributed by atoms with E-state index in [9.17, 15) is 4.39 Å². The first-order valence-corrected chi connectivity index (χ1v) is 9.04. The molecule has 10 heteroatoms. The van der Waals surface area contributed by atoms with Gasteiger partial charge in [-0.05, 0) is 41.8 Å². The number of pyridine rings is 2. The molecule has 0 bridgehead atoms. The molecule has 154 valence electrons. The Labute approximate surface area is 175 Å². The van der Waals surface area contributed by atoms with Crippen molar-refractivity contribution in [2.45, 2.75) is 6.61 Å². The molecule has 0 spiro atoms. The Kier molecular flexibility index (Phi) is 6.76. The van der Waals surface area contributed by atoms with Crippen LogP contribution in [0, 0.1) is 5.82 Å². The van der Waals surface area contributed by atoms with Crippen LogP contribution in [-0.2, 0) is 18.4 Å². The maximum atomic E-state index is 13.7. The highest BCUT2D eigenvalue weighted by atomic mass is 35.5. The third kappa shape index (κ3) is 5.21. The van der Waals surface area contributed by atoms with Crippen LogP contribution in [0.5, 0.6) is 5.75 Å². The lowest BCUT2D eigenvalue weighted by Gasteiger charge is -2.10. The Bertz CT molecular complexity index is 1150. The lowest BCUT2D eigenvalue weighted by molar-refractivity contribution is -0.122. The van der Waals surface area contributed by atoms with Gasteiger partial charge in [-0.2, -0.15) is 5.10 Å². The highest BCUT2D eigenvalue weighted by Crippen LogP contribution is 2.28. The minimum Gasteiger partial charge on any atom is -0.487 e. The fourth-order valence-electron chi connectivity index (χ4n) is 2.69. The Morgan fingerprint density at radius 2 is 2.07 bits per heavy atom. The van der Waals surface area contributed by atoms with Crippen LogP contribution >= 0.6 is 11.6 Å². The lowest BCUT2D eigenvalue weighted by atomic mass is 10.1. The number of ether oxygens (including phenoxy) is 1. The van der Waals surface area contributed by atoms with Gasteiger partial charge in [-0.25, -0.2) is 14.4 Å². The molecule has 4 aromatic rings. The molecule has 3 heterocycles. The van der Waals surface area contributed by atoms with E-state index in [1.807, 2.05) is 30.3 Å². The van der Waals surface area contributed by atoms with Crippen LogP contribution in [0.4, 0.5) is 15.9 Å². The number of anilines is 2. The quantitative estimate of drug-likeness (QED) is 0.362. The molecule has 0 saturated carbocycles. The zero-order valence-electron chi connectivity index (χ0n) is 15.8.